The number of hydrogen-bond donors (Lipinski definition) is 4. The Balaban J connectivity index is 1.32. The van der Waals surface area contributed by atoms with Crippen LogP contribution in [0.4, 0.5) is 27.5 Å². The lowest BCUT2D eigenvalue weighted by atomic mass is 9.86. The standard InChI is InChI=1S/C30H32ClFN6O3/c31-25-15-19(32)3-10-23(25)27(40)24-16-33-28-26(24)29(34-20-4-1-18(17-39)2-5-20)37-30(36-28)35-21-6-8-22(9-7-21)38-11-13-41-14-12-38/h3,6-10,15-16,18,20,39H,1-2,4-5,11-14,17H2,(H3,33,34,35,36,37). The van der Waals surface area contributed by atoms with E-state index in [1.165, 1.54) is 12.1 Å². The zero-order chi connectivity index (χ0) is 28.3. The topological polar surface area (TPSA) is 115 Å². The molecule has 214 valence electrons. The number of carbonyl (C=O) groups excluding carboxylic acids is 1. The van der Waals surface area contributed by atoms with Crippen molar-refractivity contribution in [3.8, 4) is 0 Å². The molecule has 0 bridgehead atoms. The van der Waals surface area contributed by atoms with E-state index in [4.69, 9.17) is 21.3 Å². The molecule has 1 aliphatic heterocycles. The molecule has 2 fully saturated rings. The van der Waals surface area contributed by atoms with Gasteiger partial charge in [-0.3, -0.25) is 4.79 Å². The third-order valence-electron chi connectivity index (χ3n) is 7.90. The third kappa shape index (κ3) is 6.00. The van der Waals surface area contributed by atoms with Crippen LogP contribution in [0.1, 0.15) is 41.6 Å². The largest absolute Gasteiger partial charge is 0.396 e. The fourth-order valence-electron chi connectivity index (χ4n) is 5.58. The number of H-pyrrole nitrogens is 1. The van der Waals surface area contributed by atoms with Gasteiger partial charge in [0.05, 0.1) is 29.2 Å². The van der Waals surface area contributed by atoms with Crippen molar-refractivity contribution in [3.05, 3.63) is 70.6 Å². The van der Waals surface area contributed by atoms with Gasteiger partial charge < -0.3 is 30.4 Å². The van der Waals surface area contributed by atoms with E-state index in [1.807, 2.05) is 12.1 Å². The molecule has 0 atom stereocenters. The zero-order valence-corrected chi connectivity index (χ0v) is 23.3. The van der Waals surface area contributed by atoms with Crippen LogP contribution >= 0.6 is 11.6 Å². The average Bonchev–Trinajstić information content (AvgIpc) is 3.42. The summed E-state index contributed by atoms with van der Waals surface area (Å²) in [4.78, 5) is 28.4. The fraction of sp³-hybridized carbons (Fsp3) is 0.367. The number of benzene rings is 2. The van der Waals surface area contributed by atoms with Crippen molar-refractivity contribution in [2.75, 3.05) is 48.4 Å². The van der Waals surface area contributed by atoms with Gasteiger partial charge in [-0.1, -0.05) is 11.6 Å². The fourth-order valence-corrected chi connectivity index (χ4v) is 5.83. The van der Waals surface area contributed by atoms with Gasteiger partial charge in [0.15, 0.2) is 5.78 Å². The van der Waals surface area contributed by atoms with Gasteiger partial charge >= 0.3 is 0 Å². The van der Waals surface area contributed by atoms with Crippen LogP contribution in [-0.2, 0) is 4.74 Å². The monoisotopic (exact) mass is 578 g/mol. The lowest BCUT2D eigenvalue weighted by Gasteiger charge is -2.29. The van der Waals surface area contributed by atoms with Crippen LogP contribution in [0, 0.1) is 11.7 Å². The maximum atomic E-state index is 13.7. The molecule has 9 nitrogen and oxygen atoms in total. The molecule has 0 radical (unpaired) electrons. The maximum Gasteiger partial charge on any atom is 0.231 e. The first-order chi connectivity index (χ1) is 20.0. The predicted molar refractivity (Wildman–Crippen MR) is 158 cm³/mol. The number of fused-ring (bicyclic) bond motifs is 1. The first-order valence-corrected chi connectivity index (χ1v) is 14.3. The minimum atomic E-state index is -0.511. The minimum Gasteiger partial charge on any atom is -0.396 e. The normalized spacial score (nSPS) is 19.3. The van der Waals surface area contributed by atoms with Crippen molar-refractivity contribution in [2.45, 2.75) is 31.7 Å². The highest BCUT2D eigenvalue weighted by molar-refractivity contribution is 6.35. The molecule has 2 aromatic carbocycles. The van der Waals surface area contributed by atoms with E-state index in [9.17, 15) is 14.3 Å². The Morgan fingerprint density at radius 1 is 1.07 bits per heavy atom. The zero-order valence-electron chi connectivity index (χ0n) is 22.5. The van der Waals surface area contributed by atoms with Gasteiger partial charge in [0.25, 0.3) is 0 Å². The summed E-state index contributed by atoms with van der Waals surface area (Å²) in [5.41, 5.74) is 2.99. The molecule has 2 aliphatic rings. The molecule has 1 saturated heterocycles. The number of ether oxygens (including phenoxy) is 1. The second-order valence-electron chi connectivity index (χ2n) is 10.6. The lowest BCUT2D eigenvalue weighted by Crippen LogP contribution is -2.36. The molecule has 41 heavy (non-hydrogen) atoms. The number of aliphatic hydroxyl groups excluding tert-OH is 1. The Hall–Kier alpha value is -3.73. The third-order valence-corrected chi connectivity index (χ3v) is 8.21. The number of halogens is 2. The van der Waals surface area contributed by atoms with E-state index >= 15 is 0 Å². The van der Waals surface area contributed by atoms with E-state index < -0.39 is 5.82 Å². The molecule has 4 N–H and O–H groups in total. The van der Waals surface area contributed by atoms with Gasteiger partial charge in [0.2, 0.25) is 5.95 Å². The summed E-state index contributed by atoms with van der Waals surface area (Å²) in [5.74, 6) is 0.349. The number of anilines is 4. The van der Waals surface area contributed by atoms with Crippen LogP contribution < -0.4 is 15.5 Å². The Morgan fingerprint density at radius 2 is 1.83 bits per heavy atom. The highest BCUT2D eigenvalue weighted by Crippen LogP contribution is 2.33. The van der Waals surface area contributed by atoms with Gasteiger partial charge in [0.1, 0.15) is 17.3 Å². The van der Waals surface area contributed by atoms with Gasteiger partial charge in [0, 0.05) is 48.9 Å². The summed E-state index contributed by atoms with van der Waals surface area (Å²) in [6.07, 6.45) is 5.16. The van der Waals surface area contributed by atoms with E-state index in [-0.39, 0.29) is 29.0 Å². The van der Waals surface area contributed by atoms with Crippen LogP contribution in [0.15, 0.2) is 48.7 Å². The van der Waals surface area contributed by atoms with Gasteiger partial charge in [-0.2, -0.15) is 9.97 Å². The van der Waals surface area contributed by atoms with E-state index in [2.05, 4.69) is 37.6 Å². The summed E-state index contributed by atoms with van der Waals surface area (Å²) in [5, 5.41) is 17.0. The number of aliphatic hydroxyl groups is 1. The van der Waals surface area contributed by atoms with Crippen LogP contribution in [0.2, 0.25) is 5.02 Å². The molecule has 0 spiro atoms. The Kier molecular flexibility index (Phi) is 8.04. The summed E-state index contributed by atoms with van der Waals surface area (Å²) in [6, 6.07) is 12.0. The number of hydrogen-bond acceptors (Lipinski definition) is 8. The highest BCUT2D eigenvalue weighted by atomic mass is 35.5. The minimum absolute atomic E-state index is 0.0425. The number of rotatable bonds is 8. The molecule has 2 aromatic heterocycles. The van der Waals surface area contributed by atoms with Gasteiger partial charge in [-0.25, -0.2) is 4.39 Å². The van der Waals surface area contributed by atoms with Crippen molar-refractivity contribution >= 4 is 51.6 Å². The average molecular weight is 579 g/mol. The first kappa shape index (κ1) is 27.4. The second-order valence-corrected chi connectivity index (χ2v) is 11.0. The van der Waals surface area contributed by atoms with Crippen molar-refractivity contribution in [1.29, 1.82) is 0 Å². The number of nitrogens with zero attached hydrogens (tertiary/aromatic N) is 3. The van der Waals surface area contributed by atoms with Gasteiger partial charge in [-0.05, 0) is 74.1 Å². The van der Waals surface area contributed by atoms with Crippen molar-refractivity contribution in [3.63, 3.8) is 0 Å². The van der Waals surface area contributed by atoms with Crippen LogP contribution in [0.5, 0.6) is 0 Å². The molecule has 0 amide bonds. The number of aromatic amines is 1. The Labute approximate surface area is 242 Å². The van der Waals surface area contributed by atoms with E-state index in [0.29, 0.717) is 34.3 Å². The van der Waals surface area contributed by atoms with Crippen molar-refractivity contribution < 1.29 is 19.0 Å². The SMILES string of the molecule is O=C(c1ccc(F)cc1Cl)c1c[nH]c2nc(Nc3ccc(N4CCOCC4)cc3)nc(NC3CCC(CO)CC3)c12. The number of aromatic nitrogens is 3. The molecule has 1 aliphatic carbocycles. The number of nitrogens with one attached hydrogen (secondary N) is 3. The lowest BCUT2D eigenvalue weighted by molar-refractivity contribution is 0.104. The summed E-state index contributed by atoms with van der Waals surface area (Å²) < 4.78 is 19.1. The summed E-state index contributed by atoms with van der Waals surface area (Å²) in [6.45, 7) is 3.36. The second kappa shape index (κ2) is 12.0. The van der Waals surface area contributed by atoms with Crippen LogP contribution in [0.25, 0.3) is 11.0 Å². The first-order valence-electron chi connectivity index (χ1n) is 13.9. The quantitative estimate of drug-likeness (QED) is 0.202. The molecular formula is C30H32ClFN6O3. The predicted octanol–water partition coefficient (Wildman–Crippen LogP) is 5.52. The summed E-state index contributed by atoms with van der Waals surface area (Å²) in [7, 11) is 0. The van der Waals surface area contributed by atoms with Crippen molar-refractivity contribution in [1.82, 2.24) is 15.0 Å². The highest BCUT2D eigenvalue weighted by Gasteiger charge is 2.25. The molecule has 6 rings (SSSR count). The molecule has 3 heterocycles. The molecule has 11 heteroatoms. The van der Waals surface area contributed by atoms with Gasteiger partial charge in [-0.15, -0.1) is 0 Å². The van der Waals surface area contributed by atoms with E-state index in [0.717, 1.165) is 69.4 Å². The maximum absolute atomic E-state index is 13.7. The number of morpholine rings is 1. The number of carbonyl (C=O) groups is 1. The van der Waals surface area contributed by atoms with Crippen LogP contribution in [-0.4, -0.2) is 64.8 Å². The molecule has 4 aromatic rings. The summed E-state index contributed by atoms with van der Waals surface area (Å²) >= 11 is 6.23. The van der Waals surface area contributed by atoms with Crippen molar-refractivity contribution in [2.24, 2.45) is 5.92 Å². The van der Waals surface area contributed by atoms with E-state index in [1.54, 1.807) is 6.20 Å². The molecule has 1 saturated carbocycles. The molecule has 0 unspecified atom stereocenters. The Morgan fingerprint density at radius 3 is 2.54 bits per heavy atom. The molecular weight excluding hydrogens is 547 g/mol. The Bertz CT molecular complexity index is 1530. The smallest absolute Gasteiger partial charge is 0.231 e. The van der Waals surface area contributed by atoms with Crippen LogP contribution in [0.3, 0.4) is 0 Å². The number of ketones is 1.